The Bertz CT molecular complexity index is 953. The molecule has 1 aromatic heterocycles. The van der Waals surface area contributed by atoms with E-state index in [-0.39, 0.29) is 11.9 Å². The predicted octanol–water partition coefficient (Wildman–Crippen LogP) is 5.16. The minimum Gasteiger partial charge on any atom is -0.361 e. The second kappa shape index (κ2) is 8.63. The average Bonchev–Trinajstić information content (AvgIpc) is 3.39. The zero-order chi connectivity index (χ0) is 19.3. The topological polar surface area (TPSA) is 27.6 Å². The molecule has 0 bridgehead atoms. The Labute approximate surface area is 173 Å². The molecule has 4 rings (SSSR count). The van der Waals surface area contributed by atoms with Crippen LogP contribution in [0.25, 0.3) is 0 Å². The molecule has 0 radical (unpaired) electrons. The lowest BCUT2D eigenvalue weighted by molar-refractivity contribution is 0.369. The third-order valence-corrected chi connectivity index (χ3v) is 6.01. The number of rotatable bonds is 5. The van der Waals surface area contributed by atoms with Crippen molar-refractivity contribution in [2.24, 2.45) is 5.10 Å². The van der Waals surface area contributed by atoms with E-state index in [0.717, 1.165) is 30.7 Å². The van der Waals surface area contributed by atoms with E-state index < -0.39 is 0 Å². The number of hydrogen-bond donors (Lipinski definition) is 1. The van der Waals surface area contributed by atoms with Gasteiger partial charge in [0.1, 0.15) is 5.82 Å². The van der Waals surface area contributed by atoms with Gasteiger partial charge in [0.2, 0.25) is 0 Å². The summed E-state index contributed by atoms with van der Waals surface area (Å²) in [6, 6.07) is 21.0. The third-order valence-electron chi connectivity index (χ3n) is 4.70. The van der Waals surface area contributed by atoms with Gasteiger partial charge in [-0.15, -0.1) is 11.3 Å². The van der Waals surface area contributed by atoms with Gasteiger partial charge in [0.15, 0.2) is 5.11 Å². The largest absolute Gasteiger partial charge is 0.361 e. The number of hydrazone groups is 1. The maximum absolute atomic E-state index is 13.3. The Kier molecular flexibility index (Phi) is 5.78. The summed E-state index contributed by atoms with van der Waals surface area (Å²) in [7, 11) is 0. The van der Waals surface area contributed by atoms with Crippen molar-refractivity contribution in [2.45, 2.75) is 18.9 Å². The van der Waals surface area contributed by atoms with Crippen LogP contribution in [0.4, 0.5) is 4.39 Å². The fraction of sp³-hybridized carbons (Fsp3) is 0.182. The van der Waals surface area contributed by atoms with Crippen molar-refractivity contribution in [2.75, 3.05) is 6.54 Å². The number of benzene rings is 2. The van der Waals surface area contributed by atoms with E-state index in [2.05, 4.69) is 28.9 Å². The zero-order valence-corrected chi connectivity index (χ0v) is 16.8. The summed E-state index contributed by atoms with van der Waals surface area (Å²) in [5.41, 5.74) is 3.12. The van der Waals surface area contributed by atoms with Gasteiger partial charge in [-0.05, 0) is 53.3 Å². The Hall–Kier alpha value is -2.57. The minimum absolute atomic E-state index is 0.0665. The summed E-state index contributed by atoms with van der Waals surface area (Å²) in [6.07, 6.45) is 1.64. The molecule has 1 aliphatic rings. The summed E-state index contributed by atoms with van der Waals surface area (Å²) >= 11 is 7.36. The first-order valence-electron chi connectivity index (χ1n) is 9.18. The Morgan fingerprint density at radius 1 is 1.11 bits per heavy atom. The lowest BCUT2D eigenvalue weighted by Gasteiger charge is -2.23. The van der Waals surface area contributed by atoms with Crippen molar-refractivity contribution in [1.29, 1.82) is 0 Å². The summed E-state index contributed by atoms with van der Waals surface area (Å²) in [6.45, 7) is 0.748. The van der Waals surface area contributed by atoms with Crippen LogP contribution in [0.15, 0.2) is 77.2 Å². The van der Waals surface area contributed by atoms with Gasteiger partial charge in [-0.2, -0.15) is 5.10 Å². The van der Waals surface area contributed by atoms with Crippen molar-refractivity contribution >= 4 is 34.4 Å². The van der Waals surface area contributed by atoms with Crippen LogP contribution in [0.5, 0.6) is 0 Å². The first-order chi connectivity index (χ1) is 13.7. The fourth-order valence-corrected chi connectivity index (χ4v) is 4.34. The molecule has 142 valence electrons. The molecule has 3 aromatic rings. The van der Waals surface area contributed by atoms with Crippen LogP contribution < -0.4 is 5.32 Å². The van der Waals surface area contributed by atoms with Crippen molar-refractivity contribution in [1.82, 2.24) is 10.3 Å². The highest BCUT2D eigenvalue weighted by Crippen LogP contribution is 2.35. The van der Waals surface area contributed by atoms with Crippen LogP contribution in [0.1, 0.15) is 28.5 Å². The Morgan fingerprint density at radius 2 is 1.89 bits per heavy atom. The maximum Gasteiger partial charge on any atom is 0.190 e. The standard InChI is InChI=1S/C22H20FN3S2/c23-18-10-8-17(9-11-18)19-15-20(21-7-4-14-28-21)26(25-19)22(27)24-13-12-16-5-2-1-3-6-16/h1-11,14,20H,12-13,15H2,(H,24,27)/t20-/m0/s1. The monoisotopic (exact) mass is 409 g/mol. The van der Waals surface area contributed by atoms with E-state index in [1.54, 1.807) is 23.5 Å². The number of halogens is 1. The summed E-state index contributed by atoms with van der Waals surface area (Å²) < 4.78 is 13.3. The zero-order valence-electron chi connectivity index (χ0n) is 15.2. The normalized spacial score (nSPS) is 16.1. The van der Waals surface area contributed by atoms with E-state index >= 15 is 0 Å². The molecule has 28 heavy (non-hydrogen) atoms. The second-order valence-electron chi connectivity index (χ2n) is 6.60. The molecule has 0 saturated heterocycles. The van der Waals surface area contributed by atoms with E-state index in [4.69, 9.17) is 17.3 Å². The summed E-state index contributed by atoms with van der Waals surface area (Å²) in [4.78, 5) is 1.22. The molecule has 1 aliphatic heterocycles. The number of hydrogen-bond acceptors (Lipinski definition) is 3. The van der Waals surface area contributed by atoms with E-state index in [1.807, 2.05) is 29.3 Å². The molecular weight excluding hydrogens is 389 g/mol. The number of nitrogens with zero attached hydrogens (tertiary/aromatic N) is 2. The van der Waals surface area contributed by atoms with E-state index in [9.17, 15) is 4.39 Å². The van der Waals surface area contributed by atoms with Crippen LogP contribution in [0, 0.1) is 5.82 Å². The lowest BCUT2D eigenvalue weighted by atomic mass is 10.0. The van der Waals surface area contributed by atoms with E-state index in [1.165, 1.54) is 22.6 Å². The number of thiocarbonyl (C=S) groups is 1. The lowest BCUT2D eigenvalue weighted by Crippen LogP contribution is -2.37. The molecule has 0 unspecified atom stereocenters. The molecule has 3 nitrogen and oxygen atoms in total. The van der Waals surface area contributed by atoms with Gasteiger partial charge in [0, 0.05) is 17.8 Å². The maximum atomic E-state index is 13.3. The third kappa shape index (κ3) is 4.29. The van der Waals surface area contributed by atoms with Crippen LogP contribution in [0.3, 0.4) is 0 Å². The van der Waals surface area contributed by atoms with Gasteiger partial charge in [-0.1, -0.05) is 48.5 Å². The number of nitrogens with one attached hydrogen (secondary N) is 1. The van der Waals surface area contributed by atoms with Gasteiger partial charge in [-0.3, -0.25) is 0 Å². The molecule has 1 atom stereocenters. The average molecular weight is 410 g/mol. The van der Waals surface area contributed by atoms with Crippen molar-refractivity contribution in [3.63, 3.8) is 0 Å². The van der Waals surface area contributed by atoms with Crippen LogP contribution in [0.2, 0.25) is 0 Å². The molecule has 2 aromatic carbocycles. The first kappa shape index (κ1) is 18.8. The fourth-order valence-electron chi connectivity index (χ4n) is 3.26. The second-order valence-corrected chi connectivity index (χ2v) is 7.97. The summed E-state index contributed by atoms with van der Waals surface area (Å²) in [5, 5.41) is 12.7. The highest BCUT2D eigenvalue weighted by atomic mass is 32.1. The van der Waals surface area contributed by atoms with Gasteiger partial charge in [0.25, 0.3) is 0 Å². The van der Waals surface area contributed by atoms with E-state index in [0.29, 0.717) is 5.11 Å². The summed E-state index contributed by atoms with van der Waals surface area (Å²) in [5.74, 6) is -0.243. The Balaban J connectivity index is 1.49. The van der Waals surface area contributed by atoms with Gasteiger partial charge >= 0.3 is 0 Å². The smallest absolute Gasteiger partial charge is 0.190 e. The van der Waals surface area contributed by atoms with Crippen molar-refractivity contribution < 1.29 is 4.39 Å². The number of thiophene rings is 1. The first-order valence-corrected chi connectivity index (χ1v) is 10.5. The highest BCUT2D eigenvalue weighted by Gasteiger charge is 2.31. The SMILES string of the molecule is Fc1ccc(C2=NN(C(=S)NCCc3ccccc3)[C@H](c3cccs3)C2)cc1. The van der Waals surface area contributed by atoms with Crippen LogP contribution in [-0.2, 0) is 6.42 Å². The highest BCUT2D eigenvalue weighted by molar-refractivity contribution is 7.80. The molecule has 1 N–H and O–H groups in total. The minimum atomic E-state index is -0.243. The van der Waals surface area contributed by atoms with Gasteiger partial charge in [0.05, 0.1) is 11.8 Å². The molecule has 2 heterocycles. The molecular formula is C22H20FN3S2. The molecule has 0 aliphatic carbocycles. The van der Waals surface area contributed by atoms with Crippen LogP contribution >= 0.6 is 23.6 Å². The molecule has 0 spiro atoms. The molecule has 0 fully saturated rings. The molecule has 6 heteroatoms. The quantitative estimate of drug-likeness (QED) is 0.590. The Morgan fingerprint density at radius 3 is 2.61 bits per heavy atom. The van der Waals surface area contributed by atoms with Crippen LogP contribution in [-0.4, -0.2) is 22.4 Å². The molecule has 0 saturated carbocycles. The van der Waals surface area contributed by atoms with Gasteiger partial charge in [-0.25, -0.2) is 9.40 Å². The molecule has 0 amide bonds. The van der Waals surface area contributed by atoms with Gasteiger partial charge < -0.3 is 5.32 Å². The van der Waals surface area contributed by atoms with Crippen molar-refractivity contribution in [3.8, 4) is 0 Å². The predicted molar refractivity (Wildman–Crippen MR) is 117 cm³/mol. The van der Waals surface area contributed by atoms with Crippen molar-refractivity contribution in [3.05, 3.63) is 93.9 Å².